The summed E-state index contributed by atoms with van der Waals surface area (Å²) in [6.07, 6.45) is 5.02. The molecule has 0 atom stereocenters. The Morgan fingerprint density at radius 1 is 1.04 bits per heavy atom. The van der Waals surface area contributed by atoms with E-state index in [0.717, 1.165) is 48.1 Å². The number of nitrogens with zero attached hydrogens (tertiary/aromatic N) is 2. The first-order valence-electron chi connectivity index (χ1n) is 8.81. The van der Waals surface area contributed by atoms with E-state index in [0.29, 0.717) is 0 Å². The molecule has 27 heavy (non-hydrogen) atoms. The van der Waals surface area contributed by atoms with Crippen LogP contribution in [0.2, 0.25) is 0 Å². The van der Waals surface area contributed by atoms with E-state index in [1.165, 1.54) is 15.7 Å². The maximum absolute atomic E-state index is 5.62. The average molecular weight is 382 g/mol. The normalized spacial score (nSPS) is 14.2. The molecular weight excluding hydrogens is 360 g/mol. The Hall–Kier alpha value is -2.73. The Kier molecular flexibility index (Phi) is 4.90. The van der Waals surface area contributed by atoms with E-state index < -0.39 is 0 Å². The maximum Gasteiger partial charge on any atom is 0.137 e. The molecule has 1 aliphatic heterocycles. The van der Waals surface area contributed by atoms with Crippen molar-refractivity contribution in [2.24, 2.45) is 0 Å². The van der Waals surface area contributed by atoms with Crippen LogP contribution in [0.5, 0.6) is 17.2 Å². The summed E-state index contributed by atoms with van der Waals surface area (Å²) in [6.45, 7) is 1.70. The van der Waals surface area contributed by atoms with Crippen molar-refractivity contribution in [1.82, 2.24) is 4.98 Å². The number of anilines is 1. The number of benzene rings is 1. The molecule has 3 heterocycles. The van der Waals surface area contributed by atoms with Crippen LogP contribution < -0.4 is 19.1 Å². The van der Waals surface area contributed by atoms with Crippen molar-refractivity contribution < 1.29 is 14.2 Å². The minimum absolute atomic E-state index is 0.721. The van der Waals surface area contributed by atoms with E-state index >= 15 is 0 Å². The molecule has 0 aliphatic carbocycles. The van der Waals surface area contributed by atoms with Crippen molar-refractivity contribution in [3.05, 3.63) is 47.5 Å². The third-order valence-corrected chi connectivity index (χ3v) is 5.79. The van der Waals surface area contributed by atoms with Crippen LogP contribution >= 0.6 is 11.3 Å². The van der Waals surface area contributed by atoms with E-state index in [1.54, 1.807) is 32.7 Å². The zero-order valence-corrected chi connectivity index (χ0v) is 16.5. The molecule has 1 aromatic carbocycles. The van der Waals surface area contributed by atoms with Crippen LogP contribution in [0.25, 0.3) is 15.7 Å². The molecule has 1 aliphatic rings. The smallest absolute Gasteiger partial charge is 0.137 e. The summed E-state index contributed by atoms with van der Waals surface area (Å²) in [6, 6.07) is 8.02. The topological polar surface area (TPSA) is 43.8 Å². The largest absolute Gasteiger partial charge is 0.496 e. The van der Waals surface area contributed by atoms with Gasteiger partial charge < -0.3 is 19.1 Å². The van der Waals surface area contributed by atoms with Gasteiger partial charge in [0.1, 0.15) is 23.1 Å². The monoisotopic (exact) mass is 382 g/mol. The van der Waals surface area contributed by atoms with Crippen molar-refractivity contribution in [2.45, 2.75) is 6.42 Å². The first kappa shape index (κ1) is 17.7. The molecule has 0 N–H and O–H groups in total. The molecule has 0 spiro atoms. The second kappa shape index (κ2) is 7.48. The molecule has 0 bridgehead atoms. The van der Waals surface area contributed by atoms with Gasteiger partial charge in [-0.1, -0.05) is 6.08 Å². The van der Waals surface area contributed by atoms with Gasteiger partial charge in [0.05, 0.1) is 26.9 Å². The second-order valence-electron chi connectivity index (χ2n) is 6.30. The summed E-state index contributed by atoms with van der Waals surface area (Å²) in [7, 11) is 4.99. The van der Waals surface area contributed by atoms with E-state index in [9.17, 15) is 0 Å². The molecule has 0 radical (unpaired) electrons. The zero-order chi connectivity index (χ0) is 18.8. The van der Waals surface area contributed by atoms with Crippen molar-refractivity contribution in [3.8, 4) is 17.2 Å². The minimum Gasteiger partial charge on any atom is -0.496 e. The fourth-order valence-corrected chi connectivity index (χ4v) is 4.32. The predicted molar refractivity (Wildman–Crippen MR) is 111 cm³/mol. The van der Waals surface area contributed by atoms with Crippen LogP contribution in [0.1, 0.15) is 12.0 Å². The summed E-state index contributed by atoms with van der Waals surface area (Å²) >= 11 is 1.75. The van der Waals surface area contributed by atoms with E-state index in [4.69, 9.17) is 14.2 Å². The molecule has 0 unspecified atom stereocenters. The van der Waals surface area contributed by atoms with Crippen LogP contribution in [-0.2, 0) is 0 Å². The highest BCUT2D eigenvalue weighted by Gasteiger charge is 2.22. The van der Waals surface area contributed by atoms with Crippen molar-refractivity contribution in [3.63, 3.8) is 0 Å². The molecule has 3 aromatic rings. The first-order valence-corrected chi connectivity index (χ1v) is 9.69. The Bertz CT molecular complexity index is 971. The molecule has 0 amide bonds. The standard InChI is InChI=1S/C21H22N2O3S/c1-24-15-12-17(25-2)20(18(13-15)26-3)14-5-9-23(10-6-14)21-16-7-11-27-19(16)4-8-22-21/h4-5,7-8,11-13H,6,9-10H2,1-3H3. The van der Waals surface area contributed by atoms with Gasteiger partial charge in [0, 0.05) is 41.5 Å². The maximum atomic E-state index is 5.62. The third-order valence-electron chi connectivity index (χ3n) is 4.90. The lowest BCUT2D eigenvalue weighted by atomic mass is 9.97. The van der Waals surface area contributed by atoms with Crippen LogP contribution in [0.4, 0.5) is 5.82 Å². The van der Waals surface area contributed by atoms with Gasteiger partial charge in [-0.3, -0.25) is 0 Å². The SMILES string of the molecule is COc1cc(OC)c(C2=CCN(c3nccc4sccc34)CC2)c(OC)c1. The lowest BCUT2D eigenvalue weighted by molar-refractivity contribution is 0.373. The van der Waals surface area contributed by atoms with Crippen molar-refractivity contribution >= 4 is 32.8 Å². The predicted octanol–water partition coefficient (Wildman–Crippen LogP) is 4.62. The molecule has 140 valence electrons. The molecule has 0 fully saturated rings. The number of pyridine rings is 1. The Balaban J connectivity index is 1.67. The summed E-state index contributed by atoms with van der Waals surface area (Å²) in [5.74, 6) is 3.31. The van der Waals surface area contributed by atoms with E-state index in [1.807, 2.05) is 18.3 Å². The molecular formula is C21H22N2O3S. The molecule has 2 aromatic heterocycles. The molecule has 5 nitrogen and oxygen atoms in total. The number of hydrogen-bond acceptors (Lipinski definition) is 6. The number of thiophene rings is 1. The molecule has 0 saturated heterocycles. The van der Waals surface area contributed by atoms with Crippen LogP contribution in [0.3, 0.4) is 0 Å². The number of methoxy groups -OCH3 is 3. The van der Waals surface area contributed by atoms with Crippen LogP contribution in [-0.4, -0.2) is 39.4 Å². The van der Waals surface area contributed by atoms with Gasteiger partial charge in [-0.25, -0.2) is 4.98 Å². The van der Waals surface area contributed by atoms with Gasteiger partial charge in [-0.05, 0) is 29.5 Å². The highest BCUT2D eigenvalue weighted by molar-refractivity contribution is 7.17. The molecule has 0 saturated carbocycles. The zero-order valence-electron chi connectivity index (χ0n) is 15.7. The highest BCUT2D eigenvalue weighted by atomic mass is 32.1. The van der Waals surface area contributed by atoms with Gasteiger partial charge in [-0.15, -0.1) is 11.3 Å². The Labute approximate surface area is 162 Å². The lowest BCUT2D eigenvalue weighted by Gasteiger charge is -2.29. The van der Waals surface area contributed by atoms with Crippen LogP contribution in [0.15, 0.2) is 41.9 Å². The number of aromatic nitrogens is 1. The summed E-state index contributed by atoms with van der Waals surface area (Å²) in [4.78, 5) is 6.95. The summed E-state index contributed by atoms with van der Waals surface area (Å²) < 4.78 is 17.9. The van der Waals surface area contributed by atoms with Gasteiger partial charge in [0.25, 0.3) is 0 Å². The fraction of sp³-hybridized carbons (Fsp3) is 0.286. The van der Waals surface area contributed by atoms with E-state index in [2.05, 4.69) is 33.5 Å². The minimum atomic E-state index is 0.721. The quantitative estimate of drug-likeness (QED) is 0.644. The fourth-order valence-electron chi connectivity index (χ4n) is 3.54. The third kappa shape index (κ3) is 3.21. The van der Waals surface area contributed by atoms with E-state index in [-0.39, 0.29) is 0 Å². The molecule has 4 rings (SSSR count). The van der Waals surface area contributed by atoms with Gasteiger partial charge >= 0.3 is 0 Å². The van der Waals surface area contributed by atoms with Crippen molar-refractivity contribution in [1.29, 1.82) is 0 Å². The first-order chi connectivity index (χ1) is 13.2. The summed E-state index contributed by atoms with van der Waals surface area (Å²) in [5, 5.41) is 3.34. The highest BCUT2D eigenvalue weighted by Crippen LogP contribution is 2.41. The Morgan fingerprint density at radius 3 is 2.44 bits per heavy atom. The van der Waals surface area contributed by atoms with Gasteiger partial charge in [0.15, 0.2) is 0 Å². The number of fused-ring (bicyclic) bond motifs is 1. The van der Waals surface area contributed by atoms with Crippen molar-refractivity contribution in [2.75, 3.05) is 39.3 Å². The summed E-state index contributed by atoms with van der Waals surface area (Å²) in [5.41, 5.74) is 2.22. The van der Waals surface area contributed by atoms with Gasteiger partial charge in [0.2, 0.25) is 0 Å². The van der Waals surface area contributed by atoms with Crippen LogP contribution in [0, 0.1) is 0 Å². The number of hydrogen-bond donors (Lipinski definition) is 0. The Morgan fingerprint density at radius 2 is 1.81 bits per heavy atom. The lowest BCUT2D eigenvalue weighted by Crippen LogP contribution is -2.29. The molecule has 6 heteroatoms. The van der Waals surface area contributed by atoms with Gasteiger partial charge in [-0.2, -0.15) is 0 Å². The second-order valence-corrected chi connectivity index (χ2v) is 7.25. The number of rotatable bonds is 5. The number of ether oxygens (including phenoxy) is 3. The average Bonchev–Trinajstić information content (AvgIpc) is 3.21.